The second-order valence-corrected chi connectivity index (χ2v) is 4.79. The molecule has 1 aliphatic heterocycles. The van der Waals surface area contributed by atoms with Crippen molar-refractivity contribution in [3.63, 3.8) is 0 Å². The van der Waals surface area contributed by atoms with E-state index < -0.39 is 0 Å². The SMILES string of the molecule is CC(C)N1CC(C(=O)N(C)C)CC1CO. The maximum absolute atomic E-state index is 11.8. The molecule has 1 heterocycles. The first-order valence-electron chi connectivity index (χ1n) is 5.55. The van der Waals surface area contributed by atoms with Crippen LogP contribution in [0.15, 0.2) is 0 Å². The molecule has 2 unspecified atom stereocenters. The molecule has 0 spiro atoms. The summed E-state index contributed by atoms with van der Waals surface area (Å²) < 4.78 is 0. The molecular weight excluding hydrogens is 192 g/mol. The molecule has 1 saturated heterocycles. The normalized spacial score (nSPS) is 27.3. The van der Waals surface area contributed by atoms with Crippen LogP contribution in [0.3, 0.4) is 0 Å². The standard InChI is InChI=1S/C11H22N2O2/c1-8(2)13-6-9(5-10(13)7-14)11(15)12(3)4/h8-10,14H,5-7H2,1-4H3. The highest BCUT2D eigenvalue weighted by atomic mass is 16.3. The van der Waals surface area contributed by atoms with Crippen LogP contribution in [0.5, 0.6) is 0 Å². The Hall–Kier alpha value is -0.610. The van der Waals surface area contributed by atoms with Gasteiger partial charge in [-0.1, -0.05) is 0 Å². The molecule has 0 saturated carbocycles. The second kappa shape index (κ2) is 4.94. The van der Waals surface area contributed by atoms with Crippen LogP contribution < -0.4 is 0 Å². The van der Waals surface area contributed by atoms with E-state index in [1.54, 1.807) is 19.0 Å². The van der Waals surface area contributed by atoms with E-state index in [0.717, 1.165) is 13.0 Å². The van der Waals surface area contributed by atoms with Gasteiger partial charge in [-0.05, 0) is 20.3 Å². The van der Waals surface area contributed by atoms with Gasteiger partial charge in [-0.15, -0.1) is 0 Å². The number of likely N-dealkylation sites (tertiary alicyclic amines) is 1. The number of carbonyl (C=O) groups is 1. The first-order chi connectivity index (χ1) is 6.97. The molecule has 0 aliphatic carbocycles. The summed E-state index contributed by atoms with van der Waals surface area (Å²) in [6.45, 7) is 5.13. The minimum atomic E-state index is 0.0551. The molecule has 1 N–H and O–H groups in total. The smallest absolute Gasteiger partial charge is 0.226 e. The fourth-order valence-electron chi connectivity index (χ4n) is 2.30. The zero-order valence-electron chi connectivity index (χ0n) is 10.1. The Morgan fingerprint density at radius 2 is 2.13 bits per heavy atom. The summed E-state index contributed by atoms with van der Waals surface area (Å²) in [6, 6.07) is 0.543. The van der Waals surface area contributed by atoms with Crippen molar-refractivity contribution in [2.75, 3.05) is 27.2 Å². The highest BCUT2D eigenvalue weighted by molar-refractivity contribution is 5.78. The number of aliphatic hydroxyl groups is 1. The Morgan fingerprint density at radius 1 is 1.53 bits per heavy atom. The van der Waals surface area contributed by atoms with E-state index in [1.807, 2.05) is 0 Å². The maximum Gasteiger partial charge on any atom is 0.226 e. The summed E-state index contributed by atoms with van der Waals surface area (Å²) in [5, 5.41) is 9.26. The molecular formula is C11H22N2O2. The van der Waals surface area contributed by atoms with Gasteiger partial charge < -0.3 is 10.0 Å². The summed E-state index contributed by atoms with van der Waals surface area (Å²) in [5.41, 5.74) is 0. The Balaban J connectivity index is 2.64. The van der Waals surface area contributed by atoms with Crippen LogP contribution in [0.4, 0.5) is 0 Å². The summed E-state index contributed by atoms with van der Waals surface area (Å²) >= 11 is 0. The fraction of sp³-hybridized carbons (Fsp3) is 0.909. The van der Waals surface area contributed by atoms with Gasteiger partial charge in [-0.2, -0.15) is 0 Å². The van der Waals surface area contributed by atoms with E-state index in [-0.39, 0.29) is 24.5 Å². The van der Waals surface area contributed by atoms with E-state index in [0.29, 0.717) is 6.04 Å². The topological polar surface area (TPSA) is 43.8 Å². The first-order valence-corrected chi connectivity index (χ1v) is 5.55. The predicted molar refractivity (Wildman–Crippen MR) is 59.5 cm³/mol. The van der Waals surface area contributed by atoms with Crippen molar-refractivity contribution in [3.05, 3.63) is 0 Å². The molecule has 15 heavy (non-hydrogen) atoms. The Kier molecular flexibility index (Phi) is 4.11. The van der Waals surface area contributed by atoms with Crippen molar-refractivity contribution in [1.29, 1.82) is 0 Å². The number of hydrogen-bond acceptors (Lipinski definition) is 3. The molecule has 1 rings (SSSR count). The van der Waals surface area contributed by atoms with Crippen LogP contribution in [-0.4, -0.2) is 60.1 Å². The van der Waals surface area contributed by atoms with Crippen molar-refractivity contribution < 1.29 is 9.90 Å². The molecule has 0 bridgehead atoms. The summed E-state index contributed by atoms with van der Waals surface area (Å²) in [4.78, 5) is 15.6. The number of carbonyl (C=O) groups excluding carboxylic acids is 1. The van der Waals surface area contributed by atoms with Crippen molar-refractivity contribution in [1.82, 2.24) is 9.80 Å². The Morgan fingerprint density at radius 3 is 2.47 bits per heavy atom. The van der Waals surface area contributed by atoms with E-state index in [4.69, 9.17) is 0 Å². The third kappa shape index (κ3) is 2.69. The molecule has 0 radical (unpaired) electrons. The lowest BCUT2D eigenvalue weighted by atomic mass is 10.0. The zero-order chi connectivity index (χ0) is 11.6. The van der Waals surface area contributed by atoms with Gasteiger partial charge in [0.2, 0.25) is 5.91 Å². The largest absolute Gasteiger partial charge is 0.395 e. The number of hydrogen-bond donors (Lipinski definition) is 1. The lowest BCUT2D eigenvalue weighted by Gasteiger charge is -2.26. The number of rotatable bonds is 3. The maximum atomic E-state index is 11.8. The van der Waals surface area contributed by atoms with Crippen molar-refractivity contribution >= 4 is 5.91 Å². The third-order valence-electron chi connectivity index (χ3n) is 3.12. The number of amides is 1. The minimum Gasteiger partial charge on any atom is -0.395 e. The van der Waals surface area contributed by atoms with E-state index >= 15 is 0 Å². The van der Waals surface area contributed by atoms with Crippen molar-refractivity contribution in [3.8, 4) is 0 Å². The average Bonchev–Trinajstić information content (AvgIpc) is 2.59. The third-order valence-corrected chi connectivity index (χ3v) is 3.12. The van der Waals surface area contributed by atoms with Gasteiger partial charge in [-0.3, -0.25) is 9.69 Å². The average molecular weight is 214 g/mol. The van der Waals surface area contributed by atoms with Gasteiger partial charge in [0.25, 0.3) is 0 Å². The van der Waals surface area contributed by atoms with Crippen LogP contribution in [0.25, 0.3) is 0 Å². The summed E-state index contributed by atoms with van der Waals surface area (Å²) in [5.74, 6) is 0.233. The second-order valence-electron chi connectivity index (χ2n) is 4.79. The summed E-state index contributed by atoms with van der Waals surface area (Å²) in [7, 11) is 3.57. The summed E-state index contributed by atoms with van der Waals surface area (Å²) in [6.07, 6.45) is 0.783. The van der Waals surface area contributed by atoms with E-state index in [9.17, 15) is 9.90 Å². The van der Waals surface area contributed by atoms with Gasteiger partial charge in [-0.25, -0.2) is 0 Å². The Labute approximate surface area is 91.9 Å². The quantitative estimate of drug-likeness (QED) is 0.728. The lowest BCUT2D eigenvalue weighted by molar-refractivity contribution is -0.132. The molecule has 1 amide bonds. The molecule has 0 aromatic carbocycles. The van der Waals surface area contributed by atoms with Gasteiger partial charge in [0.05, 0.1) is 12.5 Å². The number of aliphatic hydroxyl groups excluding tert-OH is 1. The van der Waals surface area contributed by atoms with Crippen molar-refractivity contribution in [2.24, 2.45) is 5.92 Å². The monoisotopic (exact) mass is 214 g/mol. The van der Waals surface area contributed by atoms with Gasteiger partial charge in [0.1, 0.15) is 0 Å². The van der Waals surface area contributed by atoms with Gasteiger partial charge >= 0.3 is 0 Å². The van der Waals surface area contributed by atoms with Crippen molar-refractivity contribution in [2.45, 2.75) is 32.4 Å². The molecule has 0 aromatic rings. The van der Waals surface area contributed by atoms with E-state index in [2.05, 4.69) is 18.7 Å². The first kappa shape index (κ1) is 12.5. The van der Waals surface area contributed by atoms with Crippen LogP contribution in [0.1, 0.15) is 20.3 Å². The molecule has 1 aliphatic rings. The molecule has 1 fully saturated rings. The lowest BCUT2D eigenvalue weighted by Crippen LogP contribution is -2.38. The highest BCUT2D eigenvalue weighted by Crippen LogP contribution is 2.26. The van der Waals surface area contributed by atoms with Gasteiger partial charge in [0.15, 0.2) is 0 Å². The Bertz CT molecular complexity index is 229. The molecule has 4 heteroatoms. The number of nitrogens with zero attached hydrogens (tertiary/aromatic N) is 2. The van der Waals surface area contributed by atoms with Crippen LogP contribution in [-0.2, 0) is 4.79 Å². The predicted octanol–water partition coefficient (Wildman–Crippen LogP) is 0.166. The highest BCUT2D eigenvalue weighted by Gasteiger charge is 2.37. The van der Waals surface area contributed by atoms with Crippen LogP contribution in [0, 0.1) is 5.92 Å². The molecule has 88 valence electrons. The van der Waals surface area contributed by atoms with Crippen LogP contribution >= 0.6 is 0 Å². The van der Waals surface area contributed by atoms with E-state index in [1.165, 1.54) is 0 Å². The molecule has 2 atom stereocenters. The fourth-order valence-corrected chi connectivity index (χ4v) is 2.30. The van der Waals surface area contributed by atoms with Crippen LogP contribution in [0.2, 0.25) is 0 Å². The zero-order valence-corrected chi connectivity index (χ0v) is 10.1. The molecule has 4 nitrogen and oxygen atoms in total. The van der Waals surface area contributed by atoms with Gasteiger partial charge in [0, 0.05) is 32.7 Å². The molecule has 0 aromatic heterocycles. The minimum absolute atomic E-state index is 0.0551.